The summed E-state index contributed by atoms with van der Waals surface area (Å²) in [6.45, 7) is 4.23. The highest BCUT2D eigenvalue weighted by atomic mass is 16.4. The summed E-state index contributed by atoms with van der Waals surface area (Å²) in [4.78, 5) is 10.6. The highest BCUT2D eigenvalue weighted by molar-refractivity contribution is 5.89. The molecule has 1 aromatic carbocycles. The lowest BCUT2D eigenvalue weighted by molar-refractivity contribution is -0.137. The van der Waals surface area contributed by atoms with Crippen LogP contribution in [-0.2, 0) is 18.3 Å². The van der Waals surface area contributed by atoms with Crippen molar-refractivity contribution in [2.45, 2.75) is 33.1 Å². The van der Waals surface area contributed by atoms with Gasteiger partial charge in [-0.3, -0.25) is 4.79 Å². The first-order chi connectivity index (χ1) is 8.50. The van der Waals surface area contributed by atoms with E-state index in [0.717, 1.165) is 6.42 Å². The Bertz CT molecular complexity index is 596. The maximum atomic E-state index is 10.6. The quantitative estimate of drug-likeness (QED) is 0.898. The summed E-state index contributed by atoms with van der Waals surface area (Å²) in [5.41, 5.74) is 5.05. The number of carboxylic acids is 1. The Morgan fingerprint density at radius 2 is 1.94 bits per heavy atom. The first-order valence-corrected chi connectivity index (χ1v) is 6.26. The Labute approximate surface area is 107 Å². The van der Waals surface area contributed by atoms with Crippen molar-refractivity contribution in [1.82, 2.24) is 4.57 Å². The van der Waals surface area contributed by atoms with Crippen LogP contribution in [0.2, 0.25) is 0 Å². The molecule has 0 amide bonds. The molecule has 0 aliphatic rings. The molecule has 0 fully saturated rings. The molecule has 3 nitrogen and oxygen atoms in total. The van der Waals surface area contributed by atoms with Gasteiger partial charge < -0.3 is 9.67 Å². The fourth-order valence-electron chi connectivity index (χ4n) is 2.64. The van der Waals surface area contributed by atoms with Gasteiger partial charge in [0.1, 0.15) is 0 Å². The SMILES string of the molecule is Cc1ccc(C)c2c1c(CCCC(=O)O)cn2C. The zero-order valence-corrected chi connectivity index (χ0v) is 11.2. The van der Waals surface area contributed by atoms with Crippen LogP contribution >= 0.6 is 0 Å². The molecule has 0 aliphatic heterocycles. The molecule has 0 atom stereocenters. The van der Waals surface area contributed by atoms with Crippen LogP contribution in [0.5, 0.6) is 0 Å². The third-order valence-corrected chi connectivity index (χ3v) is 3.45. The Hall–Kier alpha value is -1.77. The lowest BCUT2D eigenvalue weighted by atomic mass is 10.0. The standard InChI is InChI=1S/C15H19NO2/c1-10-7-8-11(2)15-14(10)12(9-16(15)3)5-4-6-13(17)18/h7-9H,4-6H2,1-3H3,(H,17,18). The van der Waals surface area contributed by atoms with Gasteiger partial charge in [0.2, 0.25) is 0 Å². The van der Waals surface area contributed by atoms with E-state index in [0.29, 0.717) is 6.42 Å². The van der Waals surface area contributed by atoms with Gasteiger partial charge in [-0.15, -0.1) is 0 Å². The van der Waals surface area contributed by atoms with Crippen molar-refractivity contribution < 1.29 is 9.90 Å². The summed E-state index contributed by atoms with van der Waals surface area (Å²) in [5, 5.41) is 10.00. The zero-order chi connectivity index (χ0) is 13.3. The van der Waals surface area contributed by atoms with Gasteiger partial charge in [-0.2, -0.15) is 0 Å². The largest absolute Gasteiger partial charge is 0.481 e. The van der Waals surface area contributed by atoms with E-state index in [9.17, 15) is 4.79 Å². The number of carboxylic acid groups (broad SMARTS) is 1. The third-order valence-electron chi connectivity index (χ3n) is 3.45. The van der Waals surface area contributed by atoms with Crippen LogP contribution in [0.4, 0.5) is 0 Å². The number of aliphatic carboxylic acids is 1. The third kappa shape index (κ3) is 2.26. The van der Waals surface area contributed by atoms with Crippen LogP contribution in [-0.4, -0.2) is 15.6 Å². The molecule has 0 aliphatic carbocycles. The highest BCUT2D eigenvalue weighted by Gasteiger charge is 2.11. The molecular weight excluding hydrogens is 226 g/mol. The minimum absolute atomic E-state index is 0.237. The van der Waals surface area contributed by atoms with Crippen molar-refractivity contribution in [2.24, 2.45) is 7.05 Å². The van der Waals surface area contributed by atoms with Gasteiger partial charge in [0.05, 0.1) is 5.52 Å². The van der Waals surface area contributed by atoms with Crippen LogP contribution in [0.3, 0.4) is 0 Å². The fraction of sp³-hybridized carbons (Fsp3) is 0.400. The normalized spacial score (nSPS) is 11.1. The van der Waals surface area contributed by atoms with Gasteiger partial charge in [0.25, 0.3) is 0 Å². The molecule has 2 rings (SSSR count). The molecule has 18 heavy (non-hydrogen) atoms. The predicted molar refractivity (Wildman–Crippen MR) is 73.0 cm³/mol. The second-order valence-electron chi connectivity index (χ2n) is 4.94. The lowest BCUT2D eigenvalue weighted by Crippen LogP contribution is -1.95. The molecule has 2 aromatic rings. The summed E-state index contributed by atoms with van der Waals surface area (Å²) in [6.07, 6.45) is 3.89. The highest BCUT2D eigenvalue weighted by Crippen LogP contribution is 2.28. The first-order valence-electron chi connectivity index (χ1n) is 6.26. The average Bonchev–Trinajstić information content (AvgIpc) is 2.62. The van der Waals surface area contributed by atoms with E-state index in [1.165, 1.54) is 27.6 Å². The summed E-state index contributed by atoms with van der Waals surface area (Å²) in [5.74, 6) is -0.719. The number of benzene rings is 1. The molecule has 1 N–H and O–H groups in total. The minimum atomic E-state index is -0.719. The monoisotopic (exact) mass is 245 g/mol. The molecule has 0 unspecified atom stereocenters. The molecule has 96 valence electrons. The van der Waals surface area contributed by atoms with Gasteiger partial charge in [-0.05, 0) is 43.4 Å². The number of rotatable bonds is 4. The lowest BCUT2D eigenvalue weighted by Gasteiger charge is -2.04. The average molecular weight is 245 g/mol. The van der Waals surface area contributed by atoms with Crippen LogP contribution in [0.25, 0.3) is 10.9 Å². The van der Waals surface area contributed by atoms with E-state index in [4.69, 9.17) is 5.11 Å². The van der Waals surface area contributed by atoms with Crippen molar-refractivity contribution in [3.8, 4) is 0 Å². The van der Waals surface area contributed by atoms with Crippen LogP contribution in [0.1, 0.15) is 29.5 Å². The van der Waals surface area contributed by atoms with Crippen molar-refractivity contribution >= 4 is 16.9 Å². The smallest absolute Gasteiger partial charge is 0.303 e. The van der Waals surface area contributed by atoms with E-state index in [2.05, 4.69) is 43.8 Å². The maximum Gasteiger partial charge on any atom is 0.303 e. The molecule has 1 aromatic heterocycles. The number of aromatic nitrogens is 1. The van der Waals surface area contributed by atoms with Gasteiger partial charge in [-0.1, -0.05) is 12.1 Å². The van der Waals surface area contributed by atoms with E-state index >= 15 is 0 Å². The minimum Gasteiger partial charge on any atom is -0.481 e. The summed E-state index contributed by atoms with van der Waals surface area (Å²) < 4.78 is 2.15. The second-order valence-corrected chi connectivity index (χ2v) is 4.94. The number of fused-ring (bicyclic) bond motifs is 1. The van der Waals surface area contributed by atoms with Gasteiger partial charge in [0, 0.05) is 25.1 Å². The first kappa shape index (κ1) is 12.7. The van der Waals surface area contributed by atoms with Crippen LogP contribution < -0.4 is 0 Å². The molecule has 3 heteroatoms. The van der Waals surface area contributed by atoms with Gasteiger partial charge >= 0.3 is 5.97 Å². The number of nitrogens with zero attached hydrogens (tertiary/aromatic N) is 1. The molecular formula is C15H19NO2. The van der Waals surface area contributed by atoms with Crippen molar-refractivity contribution in [2.75, 3.05) is 0 Å². The Morgan fingerprint density at radius 3 is 2.61 bits per heavy atom. The van der Waals surface area contributed by atoms with Crippen LogP contribution in [0, 0.1) is 13.8 Å². The summed E-state index contributed by atoms with van der Waals surface area (Å²) >= 11 is 0. The van der Waals surface area contributed by atoms with Gasteiger partial charge in [0.15, 0.2) is 0 Å². The fourth-order valence-corrected chi connectivity index (χ4v) is 2.64. The van der Waals surface area contributed by atoms with Crippen molar-refractivity contribution in [3.05, 3.63) is 35.0 Å². The van der Waals surface area contributed by atoms with Crippen molar-refractivity contribution in [3.63, 3.8) is 0 Å². The second kappa shape index (κ2) is 4.84. The molecule has 0 bridgehead atoms. The van der Waals surface area contributed by atoms with E-state index in [1.807, 2.05) is 0 Å². The molecule has 0 saturated carbocycles. The number of hydrogen-bond donors (Lipinski definition) is 1. The summed E-state index contributed by atoms with van der Waals surface area (Å²) in [6, 6.07) is 4.27. The number of hydrogen-bond acceptors (Lipinski definition) is 1. The maximum absolute atomic E-state index is 10.6. The molecule has 0 saturated heterocycles. The number of aryl methyl sites for hydroxylation is 4. The van der Waals surface area contributed by atoms with Gasteiger partial charge in [-0.25, -0.2) is 0 Å². The van der Waals surface area contributed by atoms with E-state index in [1.54, 1.807) is 0 Å². The Kier molecular flexibility index (Phi) is 3.41. The molecule has 1 heterocycles. The zero-order valence-electron chi connectivity index (χ0n) is 11.2. The van der Waals surface area contributed by atoms with E-state index in [-0.39, 0.29) is 6.42 Å². The van der Waals surface area contributed by atoms with Crippen molar-refractivity contribution in [1.29, 1.82) is 0 Å². The topological polar surface area (TPSA) is 42.2 Å². The predicted octanol–water partition coefficient (Wildman–Crippen LogP) is 3.20. The molecule has 0 radical (unpaired) electrons. The Morgan fingerprint density at radius 1 is 1.28 bits per heavy atom. The van der Waals surface area contributed by atoms with Crippen LogP contribution in [0.15, 0.2) is 18.3 Å². The number of carbonyl (C=O) groups is 1. The Balaban J connectivity index is 2.39. The van der Waals surface area contributed by atoms with E-state index < -0.39 is 5.97 Å². The molecule has 0 spiro atoms. The summed E-state index contributed by atoms with van der Waals surface area (Å²) in [7, 11) is 2.05.